The molecule has 0 aliphatic rings. The van der Waals surface area contributed by atoms with Crippen LogP contribution in [0.15, 0.2) is 47.5 Å². The summed E-state index contributed by atoms with van der Waals surface area (Å²) in [5.41, 5.74) is 2.70. The third-order valence-electron chi connectivity index (χ3n) is 3.60. The number of benzene rings is 2. The van der Waals surface area contributed by atoms with Crippen molar-refractivity contribution in [3.63, 3.8) is 0 Å². The van der Waals surface area contributed by atoms with Crippen LogP contribution in [0, 0.1) is 6.92 Å². The van der Waals surface area contributed by atoms with Crippen molar-refractivity contribution in [2.75, 3.05) is 7.11 Å². The summed E-state index contributed by atoms with van der Waals surface area (Å²) in [4.78, 5) is 26.9. The number of carboxylic acids is 1. The van der Waals surface area contributed by atoms with Crippen molar-refractivity contribution in [1.82, 2.24) is 0 Å². The van der Waals surface area contributed by atoms with Crippen molar-refractivity contribution in [2.24, 2.45) is 4.99 Å². The molecule has 0 fully saturated rings. The fourth-order valence-corrected chi connectivity index (χ4v) is 2.13. The SMILES string of the molecule is COC(=O)c1cccc(N=Cc2ccc(O[C@H](C)C(=O)O)cc2)c1C. The van der Waals surface area contributed by atoms with Crippen LogP contribution < -0.4 is 4.74 Å². The van der Waals surface area contributed by atoms with Gasteiger partial charge in [0.1, 0.15) is 5.75 Å². The zero-order valence-electron chi connectivity index (χ0n) is 14.2. The lowest BCUT2D eigenvalue weighted by Crippen LogP contribution is -2.22. The van der Waals surface area contributed by atoms with E-state index < -0.39 is 18.0 Å². The second-order valence-electron chi connectivity index (χ2n) is 5.37. The number of methoxy groups -OCH3 is 1. The highest BCUT2D eigenvalue weighted by molar-refractivity contribution is 5.93. The molecule has 0 aliphatic heterocycles. The van der Waals surface area contributed by atoms with Gasteiger partial charge in [0.2, 0.25) is 0 Å². The van der Waals surface area contributed by atoms with Crippen LogP contribution in [0.5, 0.6) is 5.75 Å². The van der Waals surface area contributed by atoms with Gasteiger partial charge in [0.05, 0.1) is 18.4 Å². The van der Waals surface area contributed by atoms with Gasteiger partial charge in [0, 0.05) is 6.21 Å². The summed E-state index contributed by atoms with van der Waals surface area (Å²) in [6.45, 7) is 3.28. The van der Waals surface area contributed by atoms with E-state index in [0.29, 0.717) is 17.0 Å². The lowest BCUT2D eigenvalue weighted by molar-refractivity contribution is -0.144. The monoisotopic (exact) mass is 341 g/mol. The Kier molecular flexibility index (Phi) is 5.89. The van der Waals surface area contributed by atoms with Gasteiger partial charge < -0.3 is 14.6 Å². The van der Waals surface area contributed by atoms with Crippen molar-refractivity contribution in [2.45, 2.75) is 20.0 Å². The molecule has 6 heteroatoms. The minimum atomic E-state index is -1.02. The quantitative estimate of drug-likeness (QED) is 0.643. The number of carbonyl (C=O) groups excluding carboxylic acids is 1. The van der Waals surface area contributed by atoms with E-state index in [1.165, 1.54) is 14.0 Å². The predicted octanol–water partition coefficient (Wildman–Crippen LogP) is 3.38. The van der Waals surface area contributed by atoms with E-state index in [1.54, 1.807) is 42.6 Å². The molecule has 0 heterocycles. The first-order valence-electron chi connectivity index (χ1n) is 7.64. The lowest BCUT2D eigenvalue weighted by atomic mass is 10.1. The maximum absolute atomic E-state index is 11.7. The number of aliphatic carboxylic acids is 1. The molecule has 0 bridgehead atoms. The van der Waals surface area contributed by atoms with Crippen LogP contribution in [0.3, 0.4) is 0 Å². The highest BCUT2D eigenvalue weighted by Crippen LogP contribution is 2.22. The Morgan fingerprint density at radius 2 is 1.84 bits per heavy atom. The Balaban J connectivity index is 2.15. The third-order valence-corrected chi connectivity index (χ3v) is 3.60. The smallest absolute Gasteiger partial charge is 0.344 e. The molecule has 2 rings (SSSR count). The van der Waals surface area contributed by atoms with Crippen LogP contribution >= 0.6 is 0 Å². The van der Waals surface area contributed by atoms with Crippen molar-refractivity contribution in [1.29, 1.82) is 0 Å². The minimum Gasteiger partial charge on any atom is -0.479 e. The summed E-state index contributed by atoms with van der Waals surface area (Å²) in [5.74, 6) is -0.953. The fraction of sp³-hybridized carbons (Fsp3) is 0.211. The number of hydrogen-bond acceptors (Lipinski definition) is 5. The van der Waals surface area contributed by atoms with Gasteiger partial charge in [-0.05, 0) is 61.4 Å². The Morgan fingerprint density at radius 3 is 2.44 bits per heavy atom. The van der Waals surface area contributed by atoms with E-state index in [0.717, 1.165) is 11.1 Å². The van der Waals surface area contributed by atoms with Crippen molar-refractivity contribution in [3.05, 3.63) is 59.2 Å². The Labute approximate surface area is 145 Å². The Morgan fingerprint density at radius 1 is 1.16 bits per heavy atom. The maximum atomic E-state index is 11.7. The summed E-state index contributed by atoms with van der Waals surface area (Å²) in [6, 6.07) is 12.1. The second-order valence-corrected chi connectivity index (χ2v) is 5.37. The molecule has 0 amide bonds. The first-order valence-corrected chi connectivity index (χ1v) is 7.64. The number of carboxylic acid groups (broad SMARTS) is 1. The average molecular weight is 341 g/mol. The molecule has 1 atom stereocenters. The van der Waals surface area contributed by atoms with E-state index in [2.05, 4.69) is 4.99 Å². The molecular formula is C19H19NO5. The Hall–Kier alpha value is -3.15. The molecule has 2 aromatic carbocycles. The zero-order valence-corrected chi connectivity index (χ0v) is 14.2. The summed E-state index contributed by atoms with van der Waals surface area (Å²) in [7, 11) is 1.34. The second kappa shape index (κ2) is 8.10. The number of aliphatic imine (C=N–C) groups is 1. The highest BCUT2D eigenvalue weighted by atomic mass is 16.5. The first kappa shape index (κ1) is 18.2. The number of hydrogen-bond donors (Lipinski definition) is 1. The molecule has 0 aromatic heterocycles. The summed E-state index contributed by atoms with van der Waals surface area (Å²) >= 11 is 0. The lowest BCUT2D eigenvalue weighted by Gasteiger charge is -2.10. The van der Waals surface area contributed by atoms with E-state index in [9.17, 15) is 9.59 Å². The van der Waals surface area contributed by atoms with Crippen LogP contribution in [0.1, 0.15) is 28.4 Å². The molecule has 0 saturated heterocycles. The van der Waals surface area contributed by atoms with E-state index in [-0.39, 0.29) is 0 Å². The maximum Gasteiger partial charge on any atom is 0.344 e. The number of carbonyl (C=O) groups is 2. The van der Waals surface area contributed by atoms with Crippen LogP contribution in [-0.2, 0) is 9.53 Å². The molecule has 0 aliphatic carbocycles. The highest BCUT2D eigenvalue weighted by Gasteiger charge is 2.12. The minimum absolute atomic E-state index is 0.399. The van der Waals surface area contributed by atoms with Crippen LogP contribution in [0.25, 0.3) is 0 Å². The summed E-state index contributed by atoms with van der Waals surface area (Å²) < 4.78 is 10.0. The fourth-order valence-electron chi connectivity index (χ4n) is 2.13. The number of rotatable bonds is 6. The van der Waals surface area contributed by atoms with Gasteiger partial charge in [-0.25, -0.2) is 9.59 Å². The topological polar surface area (TPSA) is 85.2 Å². The standard InChI is InChI=1S/C19H19NO5/c1-12-16(19(23)24-3)5-4-6-17(12)20-11-14-7-9-15(10-8-14)25-13(2)18(21)22/h4-11,13H,1-3H3,(H,21,22)/t13-/m1/s1. The molecule has 0 spiro atoms. The molecule has 0 unspecified atom stereocenters. The number of nitrogens with zero attached hydrogens (tertiary/aromatic N) is 1. The third kappa shape index (κ3) is 4.67. The number of ether oxygens (including phenoxy) is 2. The molecule has 1 N–H and O–H groups in total. The van der Waals surface area contributed by atoms with Crippen LogP contribution in [0.2, 0.25) is 0 Å². The van der Waals surface area contributed by atoms with E-state index in [1.807, 2.05) is 13.0 Å². The molecule has 25 heavy (non-hydrogen) atoms. The zero-order chi connectivity index (χ0) is 18.4. The van der Waals surface area contributed by atoms with Gasteiger partial charge in [-0.15, -0.1) is 0 Å². The Bertz CT molecular complexity index is 796. The van der Waals surface area contributed by atoms with Gasteiger partial charge >= 0.3 is 11.9 Å². The van der Waals surface area contributed by atoms with Gasteiger partial charge in [-0.2, -0.15) is 0 Å². The van der Waals surface area contributed by atoms with Gasteiger partial charge in [0.15, 0.2) is 6.10 Å². The summed E-state index contributed by atoms with van der Waals surface area (Å²) in [6.07, 6.45) is 0.747. The summed E-state index contributed by atoms with van der Waals surface area (Å²) in [5, 5.41) is 8.83. The largest absolute Gasteiger partial charge is 0.479 e. The first-order chi connectivity index (χ1) is 11.9. The molecular weight excluding hydrogens is 322 g/mol. The van der Waals surface area contributed by atoms with Crippen molar-refractivity contribution >= 4 is 23.8 Å². The van der Waals surface area contributed by atoms with Crippen molar-refractivity contribution < 1.29 is 24.2 Å². The molecule has 6 nitrogen and oxygen atoms in total. The molecule has 130 valence electrons. The van der Waals surface area contributed by atoms with Crippen molar-refractivity contribution in [3.8, 4) is 5.75 Å². The van der Waals surface area contributed by atoms with Crippen LogP contribution in [-0.4, -0.2) is 36.5 Å². The molecule has 0 saturated carbocycles. The van der Waals surface area contributed by atoms with Gasteiger partial charge in [0.25, 0.3) is 0 Å². The predicted molar refractivity (Wildman–Crippen MR) is 93.9 cm³/mol. The van der Waals surface area contributed by atoms with Crippen LogP contribution in [0.4, 0.5) is 5.69 Å². The normalized spacial score (nSPS) is 12.0. The average Bonchev–Trinajstić information content (AvgIpc) is 2.61. The molecule has 0 radical (unpaired) electrons. The number of esters is 1. The molecule has 2 aromatic rings. The van der Waals surface area contributed by atoms with E-state index >= 15 is 0 Å². The van der Waals surface area contributed by atoms with Gasteiger partial charge in [-0.1, -0.05) is 6.07 Å². The van der Waals surface area contributed by atoms with Gasteiger partial charge in [-0.3, -0.25) is 4.99 Å². The van der Waals surface area contributed by atoms with E-state index in [4.69, 9.17) is 14.6 Å².